The Bertz CT molecular complexity index is 720. The number of hydrogen-bond donors (Lipinski definition) is 0. The van der Waals surface area contributed by atoms with Crippen molar-refractivity contribution in [1.29, 1.82) is 0 Å². The van der Waals surface area contributed by atoms with E-state index >= 15 is 0 Å². The van der Waals surface area contributed by atoms with Gasteiger partial charge in [-0.05, 0) is 31.1 Å². The van der Waals surface area contributed by atoms with Gasteiger partial charge in [-0.3, -0.25) is 9.69 Å². The zero-order chi connectivity index (χ0) is 17.1. The van der Waals surface area contributed by atoms with Crippen molar-refractivity contribution in [3.8, 4) is 0 Å². The van der Waals surface area contributed by atoms with Gasteiger partial charge >= 0.3 is 0 Å². The van der Waals surface area contributed by atoms with E-state index in [4.69, 9.17) is 9.15 Å². The van der Waals surface area contributed by atoms with E-state index in [1.807, 2.05) is 35.2 Å². The maximum absolute atomic E-state index is 12.4. The van der Waals surface area contributed by atoms with Crippen LogP contribution in [-0.2, 0) is 9.53 Å². The van der Waals surface area contributed by atoms with Crippen molar-refractivity contribution in [3.05, 3.63) is 42.2 Å². The van der Waals surface area contributed by atoms with Crippen LogP contribution in [0.3, 0.4) is 0 Å². The van der Waals surface area contributed by atoms with Crippen molar-refractivity contribution in [2.45, 2.75) is 18.9 Å². The van der Waals surface area contributed by atoms with Crippen LogP contribution in [-0.4, -0.2) is 61.1 Å². The lowest BCUT2D eigenvalue weighted by molar-refractivity contribution is -0.127. The molecule has 2 aliphatic rings. The van der Waals surface area contributed by atoms with Crippen molar-refractivity contribution < 1.29 is 13.9 Å². The third-order valence-electron chi connectivity index (χ3n) is 5.00. The predicted octanol–water partition coefficient (Wildman–Crippen LogP) is 2.77. The molecule has 2 aromatic rings. The summed E-state index contributed by atoms with van der Waals surface area (Å²) in [5, 5.41) is 1.05. The molecule has 0 N–H and O–H groups in total. The van der Waals surface area contributed by atoms with Crippen molar-refractivity contribution in [3.63, 3.8) is 0 Å². The van der Waals surface area contributed by atoms with Gasteiger partial charge in [0.25, 0.3) is 0 Å². The number of furan rings is 1. The maximum atomic E-state index is 12.4. The highest BCUT2D eigenvalue weighted by atomic mass is 16.5. The largest absolute Gasteiger partial charge is 0.457 e. The number of para-hydroxylation sites is 1. The van der Waals surface area contributed by atoms with Crippen LogP contribution in [0.5, 0.6) is 0 Å². The monoisotopic (exact) mass is 340 g/mol. The molecule has 2 fully saturated rings. The normalized spacial score (nSPS) is 22.2. The number of ether oxygens (including phenoxy) is 1. The van der Waals surface area contributed by atoms with E-state index < -0.39 is 0 Å². The highest BCUT2D eigenvalue weighted by molar-refractivity contribution is 5.92. The minimum absolute atomic E-state index is 0.0530. The Balaban J connectivity index is 1.29. The first-order valence-electron chi connectivity index (χ1n) is 9.07. The van der Waals surface area contributed by atoms with Gasteiger partial charge in [-0.2, -0.15) is 0 Å². The summed E-state index contributed by atoms with van der Waals surface area (Å²) < 4.78 is 11.4. The minimum Gasteiger partial charge on any atom is -0.457 e. The van der Waals surface area contributed by atoms with Crippen molar-refractivity contribution >= 4 is 23.0 Å². The highest BCUT2D eigenvalue weighted by Crippen LogP contribution is 2.20. The van der Waals surface area contributed by atoms with Crippen LogP contribution in [0, 0.1) is 0 Å². The summed E-state index contributed by atoms with van der Waals surface area (Å²) >= 11 is 0. The number of carbonyl (C=O) groups is 1. The lowest BCUT2D eigenvalue weighted by atomic mass is 10.2. The summed E-state index contributed by atoms with van der Waals surface area (Å²) in [6.07, 6.45) is 6.11. The summed E-state index contributed by atoms with van der Waals surface area (Å²) in [6, 6.07) is 9.82. The zero-order valence-electron chi connectivity index (χ0n) is 14.4. The standard InChI is InChI=1S/C20H24N2O3/c23-20(8-7-17-14-16-4-1-2-6-19(16)25-17)22-11-9-21(10-12-22)15-18-5-3-13-24-18/h1-2,4,6-8,14,18H,3,5,9-13,15H2/b8-7+. The molecule has 4 rings (SSSR count). The Morgan fingerprint density at radius 3 is 2.80 bits per heavy atom. The van der Waals surface area contributed by atoms with E-state index in [9.17, 15) is 4.79 Å². The molecule has 1 aromatic heterocycles. The molecule has 2 aliphatic heterocycles. The van der Waals surface area contributed by atoms with Crippen molar-refractivity contribution in [2.24, 2.45) is 0 Å². The fourth-order valence-corrected chi connectivity index (χ4v) is 3.57. The molecule has 0 aliphatic carbocycles. The Morgan fingerprint density at radius 1 is 1.20 bits per heavy atom. The molecule has 25 heavy (non-hydrogen) atoms. The first kappa shape index (κ1) is 16.4. The fraction of sp³-hybridized carbons (Fsp3) is 0.450. The predicted molar refractivity (Wildman–Crippen MR) is 97.2 cm³/mol. The molecular weight excluding hydrogens is 316 g/mol. The maximum Gasteiger partial charge on any atom is 0.246 e. The van der Waals surface area contributed by atoms with E-state index in [2.05, 4.69) is 4.90 Å². The molecule has 132 valence electrons. The lowest BCUT2D eigenvalue weighted by Crippen LogP contribution is -2.50. The number of benzene rings is 1. The number of hydrogen-bond acceptors (Lipinski definition) is 4. The van der Waals surface area contributed by atoms with Gasteiger partial charge in [0.1, 0.15) is 11.3 Å². The number of carbonyl (C=O) groups excluding carboxylic acids is 1. The minimum atomic E-state index is 0.0530. The molecule has 3 heterocycles. The second kappa shape index (κ2) is 7.42. The Morgan fingerprint density at radius 2 is 2.04 bits per heavy atom. The van der Waals surface area contributed by atoms with Gasteiger partial charge in [-0.1, -0.05) is 18.2 Å². The second-order valence-corrected chi connectivity index (χ2v) is 6.78. The smallest absolute Gasteiger partial charge is 0.246 e. The number of nitrogens with zero attached hydrogens (tertiary/aromatic N) is 2. The summed E-state index contributed by atoms with van der Waals surface area (Å²) in [5.41, 5.74) is 0.845. The summed E-state index contributed by atoms with van der Waals surface area (Å²) in [6.45, 7) is 5.28. The fourth-order valence-electron chi connectivity index (χ4n) is 3.57. The van der Waals surface area contributed by atoms with Crippen molar-refractivity contribution in [2.75, 3.05) is 39.3 Å². The molecule has 1 aromatic carbocycles. The SMILES string of the molecule is O=C(/C=C/c1cc2ccccc2o1)N1CCN(CC2CCCO2)CC1. The number of rotatable bonds is 4. The van der Waals surface area contributed by atoms with Crippen LogP contribution < -0.4 is 0 Å². The summed E-state index contributed by atoms with van der Waals surface area (Å²) in [4.78, 5) is 16.7. The van der Waals surface area contributed by atoms with Crippen LogP contribution in [0.2, 0.25) is 0 Å². The second-order valence-electron chi connectivity index (χ2n) is 6.78. The van der Waals surface area contributed by atoms with Crippen LogP contribution in [0.25, 0.3) is 17.0 Å². The van der Waals surface area contributed by atoms with E-state index in [-0.39, 0.29) is 5.91 Å². The molecule has 0 radical (unpaired) electrons. The molecule has 5 heteroatoms. The van der Waals surface area contributed by atoms with E-state index in [0.29, 0.717) is 11.9 Å². The van der Waals surface area contributed by atoms with E-state index in [0.717, 1.165) is 50.3 Å². The van der Waals surface area contributed by atoms with Crippen LogP contribution >= 0.6 is 0 Å². The molecule has 5 nitrogen and oxygen atoms in total. The third-order valence-corrected chi connectivity index (χ3v) is 5.00. The molecule has 0 spiro atoms. The quantitative estimate of drug-likeness (QED) is 0.803. The van der Waals surface area contributed by atoms with Gasteiger partial charge in [0.2, 0.25) is 5.91 Å². The molecule has 2 saturated heterocycles. The van der Waals surface area contributed by atoms with Gasteiger partial charge in [0, 0.05) is 50.8 Å². The molecule has 1 atom stereocenters. The van der Waals surface area contributed by atoms with E-state index in [1.54, 1.807) is 12.2 Å². The molecule has 0 saturated carbocycles. The molecule has 1 unspecified atom stereocenters. The van der Waals surface area contributed by atoms with Gasteiger partial charge in [0.15, 0.2) is 0 Å². The average molecular weight is 340 g/mol. The van der Waals surface area contributed by atoms with Gasteiger partial charge in [0.05, 0.1) is 6.10 Å². The Hall–Kier alpha value is -2.11. The van der Waals surface area contributed by atoms with Crippen molar-refractivity contribution in [1.82, 2.24) is 9.80 Å². The molecule has 0 bridgehead atoms. The summed E-state index contributed by atoms with van der Waals surface area (Å²) in [5.74, 6) is 0.767. The summed E-state index contributed by atoms with van der Waals surface area (Å²) in [7, 11) is 0. The van der Waals surface area contributed by atoms with E-state index in [1.165, 1.54) is 12.8 Å². The molecule has 1 amide bonds. The topological polar surface area (TPSA) is 45.9 Å². The number of fused-ring (bicyclic) bond motifs is 1. The zero-order valence-corrected chi connectivity index (χ0v) is 14.4. The molecular formula is C20H24N2O3. The van der Waals surface area contributed by atoms with Crippen LogP contribution in [0.4, 0.5) is 0 Å². The Labute approximate surface area is 147 Å². The van der Waals surface area contributed by atoms with Gasteiger partial charge in [-0.25, -0.2) is 0 Å². The lowest BCUT2D eigenvalue weighted by Gasteiger charge is -2.35. The number of amides is 1. The Kier molecular flexibility index (Phi) is 4.85. The first-order valence-corrected chi connectivity index (χ1v) is 9.07. The highest BCUT2D eigenvalue weighted by Gasteiger charge is 2.24. The third kappa shape index (κ3) is 3.94. The number of piperazine rings is 1. The first-order chi connectivity index (χ1) is 12.3. The van der Waals surface area contributed by atoms with Gasteiger partial charge < -0.3 is 14.1 Å². The average Bonchev–Trinajstić information content (AvgIpc) is 3.29. The van der Waals surface area contributed by atoms with Crippen LogP contribution in [0.15, 0.2) is 40.8 Å². The van der Waals surface area contributed by atoms with Crippen LogP contribution in [0.1, 0.15) is 18.6 Å². The van der Waals surface area contributed by atoms with Gasteiger partial charge in [-0.15, -0.1) is 0 Å².